The first kappa shape index (κ1) is 12.5. The van der Waals surface area contributed by atoms with E-state index in [9.17, 15) is 4.79 Å². The number of thiophene rings is 1. The van der Waals surface area contributed by atoms with E-state index in [0.717, 1.165) is 11.3 Å². The van der Waals surface area contributed by atoms with Crippen LogP contribution in [0.25, 0.3) is 16.9 Å². The smallest absolute Gasteiger partial charge is 0.348 e. The molecular weight excluding hydrogens is 276 g/mol. The predicted octanol–water partition coefficient (Wildman–Crippen LogP) is 2.18. The maximum atomic E-state index is 11.7. The molecule has 0 aromatic carbocycles. The van der Waals surface area contributed by atoms with Crippen LogP contribution >= 0.6 is 11.3 Å². The summed E-state index contributed by atoms with van der Waals surface area (Å²) in [6.45, 7) is 0. The van der Waals surface area contributed by atoms with Gasteiger partial charge in [-0.05, 0) is 23.6 Å². The van der Waals surface area contributed by atoms with Gasteiger partial charge in [-0.1, -0.05) is 5.21 Å². The lowest BCUT2D eigenvalue weighted by molar-refractivity contribution is 0.0607. The lowest BCUT2D eigenvalue weighted by atomic mass is 10.2. The minimum Gasteiger partial charge on any atom is -0.465 e. The van der Waals surface area contributed by atoms with Crippen LogP contribution < -0.4 is 0 Å². The van der Waals surface area contributed by atoms with Crippen LogP contribution in [0.1, 0.15) is 9.67 Å². The Morgan fingerprint density at radius 3 is 3.05 bits per heavy atom. The van der Waals surface area contributed by atoms with Crippen molar-refractivity contribution in [3.05, 3.63) is 47.0 Å². The normalized spacial score (nSPS) is 10.4. The van der Waals surface area contributed by atoms with Gasteiger partial charge in [0, 0.05) is 11.8 Å². The molecule has 0 aliphatic carbocycles. The van der Waals surface area contributed by atoms with Gasteiger partial charge in [0.1, 0.15) is 10.6 Å². The van der Waals surface area contributed by atoms with Crippen LogP contribution in [0, 0.1) is 0 Å². The monoisotopic (exact) mass is 286 g/mol. The van der Waals surface area contributed by atoms with Gasteiger partial charge in [-0.25, -0.2) is 9.48 Å². The first-order valence-electron chi connectivity index (χ1n) is 5.78. The average Bonchev–Trinajstić information content (AvgIpc) is 3.15. The number of hydrogen-bond donors (Lipinski definition) is 0. The second-order valence-electron chi connectivity index (χ2n) is 3.91. The molecule has 0 saturated carbocycles. The van der Waals surface area contributed by atoms with E-state index in [1.165, 1.54) is 18.4 Å². The van der Waals surface area contributed by atoms with Gasteiger partial charge in [-0.3, -0.25) is 4.98 Å². The zero-order valence-corrected chi connectivity index (χ0v) is 11.4. The minimum absolute atomic E-state index is 0.370. The largest absolute Gasteiger partial charge is 0.465 e. The molecule has 0 spiro atoms. The molecule has 100 valence electrons. The molecule has 0 aliphatic rings. The van der Waals surface area contributed by atoms with E-state index >= 15 is 0 Å². The van der Waals surface area contributed by atoms with E-state index in [2.05, 4.69) is 15.3 Å². The summed E-state index contributed by atoms with van der Waals surface area (Å²) >= 11 is 1.32. The number of carbonyl (C=O) groups is 1. The lowest BCUT2D eigenvalue weighted by Crippen LogP contribution is -1.99. The third kappa shape index (κ3) is 2.19. The molecule has 0 atom stereocenters. The number of pyridine rings is 1. The maximum Gasteiger partial charge on any atom is 0.348 e. The zero-order chi connectivity index (χ0) is 13.9. The quantitative estimate of drug-likeness (QED) is 0.690. The van der Waals surface area contributed by atoms with Gasteiger partial charge in [0.15, 0.2) is 0 Å². The van der Waals surface area contributed by atoms with Gasteiger partial charge in [0.25, 0.3) is 0 Å². The highest BCUT2D eigenvalue weighted by molar-refractivity contribution is 7.12. The summed E-state index contributed by atoms with van der Waals surface area (Å²) in [6.07, 6.45) is 5.13. The van der Waals surface area contributed by atoms with Crippen LogP contribution in [0.3, 0.4) is 0 Å². The maximum absolute atomic E-state index is 11.7. The van der Waals surface area contributed by atoms with Crippen molar-refractivity contribution in [2.24, 2.45) is 0 Å². The summed E-state index contributed by atoms with van der Waals surface area (Å²) in [7, 11) is 1.36. The summed E-state index contributed by atoms with van der Waals surface area (Å²) in [4.78, 5) is 16.2. The Hall–Kier alpha value is -2.54. The molecule has 3 aromatic rings. The Morgan fingerprint density at radius 1 is 1.40 bits per heavy atom. The summed E-state index contributed by atoms with van der Waals surface area (Å²) in [5.41, 5.74) is 2.15. The Kier molecular flexibility index (Phi) is 3.26. The van der Waals surface area contributed by atoms with Crippen molar-refractivity contribution in [3.8, 4) is 16.9 Å². The van der Waals surface area contributed by atoms with Crippen molar-refractivity contribution in [2.75, 3.05) is 7.11 Å². The Balaban J connectivity index is 1.99. The van der Waals surface area contributed by atoms with Crippen LogP contribution in [-0.4, -0.2) is 33.1 Å². The highest BCUT2D eigenvalue weighted by atomic mass is 32.1. The van der Waals surface area contributed by atoms with Gasteiger partial charge in [-0.15, -0.1) is 16.4 Å². The van der Waals surface area contributed by atoms with E-state index in [4.69, 9.17) is 4.74 Å². The molecule has 0 radical (unpaired) electrons. The second-order valence-corrected chi connectivity index (χ2v) is 4.83. The molecule has 7 heteroatoms. The first-order chi connectivity index (χ1) is 9.79. The first-order valence-corrected chi connectivity index (χ1v) is 6.66. The predicted molar refractivity (Wildman–Crippen MR) is 73.8 cm³/mol. The fraction of sp³-hybridized carbons (Fsp3) is 0.0769. The van der Waals surface area contributed by atoms with Gasteiger partial charge in [-0.2, -0.15) is 0 Å². The van der Waals surface area contributed by atoms with Gasteiger partial charge in [0.2, 0.25) is 0 Å². The molecule has 0 bridgehead atoms. The Labute approximate surface area is 118 Å². The molecule has 0 saturated heterocycles. The van der Waals surface area contributed by atoms with Crippen molar-refractivity contribution < 1.29 is 9.53 Å². The molecule has 0 unspecified atom stereocenters. The van der Waals surface area contributed by atoms with Gasteiger partial charge in [0.05, 0.1) is 25.2 Å². The van der Waals surface area contributed by atoms with Crippen molar-refractivity contribution in [3.63, 3.8) is 0 Å². The number of esters is 1. The molecule has 3 rings (SSSR count). The minimum atomic E-state index is -0.370. The van der Waals surface area contributed by atoms with Crippen molar-refractivity contribution in [1.29, 1.82) is 0 Å². The summed E-state index contributed by atoms with van der Waals surface area (Å²) in [5, 5.41) is 9.97. The number of rotatable bonds is 3. The van der Waals surface area contributed by atoms with Crippen LogP contribution in [0.15, 0.2) is 42.2 Å². The molecule has 0 aliphatic heterocycles. The van der Waals surface area contributed by atoms with Crippen molar-refractivity contribution in [2.45, 2.75) is 0 Å². The Morgan fingerprint density at radius 2 is 2.30 bits per heavy atom. The summed E-state index contributed by atoms with van der Waals surface area (Å²) < 4.78 is 6.37. The number of nitrogens with zero attached hydrogens (tertiary/aromatic N) is 4. The van der Waals surface area contributed by atoms with Crippen LogP contribution in [0.5, 0.6) is 0 Å². The second kappa shape index (κ2) is 5.22. The number of hydrogen-bond acceptors (Lipinski definition) is 6. The molecule has 3 heterocycles. The number of aromatic nitrogens is 4. The molecule has 0 fully saturated rings. The molecule has 0 N–H and O–H groups in total. The van der Waals surface area contributed by atoms with E-state index in [1.54, 1.807) is 23.3 Å². The Bertz CT molecular complexity index is 736. The molecule has 3 aromatic heterocycles. The lowest BCUT2D eigenvalue weighted by Gasteiger charge is -1.98. The number of ether oxygens (including phenoxy) is 1. The SMILES string of the molecule is COC(=O)c1sccc1-c1cn(-c2cccnc2)nn1. The van der Waals surface area contributed by atoms with Crippen molar-refractivity contribution in [1.82, 2.24) is 20.0 Å². The third-order valence-corrected chi connectivity index (χ3v) is 3.61. The molecular formula is C13H10N4O2S. The van der Waals surface area contributed by atoms with Crippen molar-refractivity contribution >= 4 is 17.3 Å². The fourth-order valence-electron chi connectivity index (χ4n) is 1.76. The highest BCUT2D eigenvalue weighted by Crippen LogP contribution is 2.27. The highest BCUT2D eigenvalue weighted by Gasteiger charge is 2.17. The van der Waals surface area contributed by atoms with E-state index in [-0.39, 0.29) is 5.97 Å². The van der Waals surface area contributed by atoms with Crippen LogP contribution in [0.4, 0.5) is 0 Å². The van der Waals surface area contributed by atoms with E-state index in [0.29, 0.717) is 10.6 Å². The topological polar surface area (TPSA) is 69.9 Å². The van der Waals surface area contributed by atoms with Gasteiger partial charge >= 0.3 is 5.97 Å². The van der Waals surface area contributed by atoms with Gasteiger partial charge < -0.3 is 4.74 Å². The fourth-order valence-corrected chi connectivity index (χ4v) is 2.58. The number of methoxy groups -OCH3 is 1. The van der Waals surface area contributed by atoms with Crippen LogP contribution in [0.2, 0.25) is 0 Å². The zero-order valence-electron chi connectivity index (χ0n) is 10.6. The van der Waals surface area contributed by atoms with Crippen LogP contribution in [-0.2, 0) is 4.74 Å². The third-order valence-electron chi connectivity index (χ3n) is 2.72. The molecule has 6 nitrogen and oxygen atoms in total. The average molecular weight is 286 g/mol. The number of carbonyl (C=O) groups excluding carboxylic acids is 1. The summed E-state index contributed by atoms with van der Waals surface area (Å²) in [5.74, 6) is -0.370. The molecule has 0 amide bonds. The standard InChI is InChI=1S/C13H10N4O2S/c1-19-13(18)12-10(4-6-20-12)11-8-17(16-15-11)9-3-2-5-14-7-9/h2-8H,1H3. The summed E-state index contributed by atoms with van der Waals surface area (Å²) in [6, 6.07) is 5.52. The molecule has 20 heavy (non-hydrogen) atoms. The van der Waals surface area contributed by atoms with E-state index < -0.39 is 0 Å². The van der Waals surface area contributed by atoms with E-state index in [1.807, 2.05) is 23.6 Å².